The minimum Gasteiger partial charge on any atom is -0.300 e. The highest BCUT2D eigenvalue weighted by Gasteiger charge is 2.35. The molecule has 19 heavy (non-hydrogen) atoms. The summed E-state index contributed by atoms with van der Waals surface area (Å²) in [5.74, 6) is 2.02. The molecular formula is C16H28N2O. The Morgan fingerprint density at radius 2 is 1.79 bits per heavy atom. The van der Waals surface area contributed by atoms with Crippen LogP contribution in [0, 0.1) is 17.8 Å². The molecule has 1 heterocycles. The number of carbonyl (C=O) groups is 1. The average Bonchev–Trinajstić information content (AvgIpc) is 3.19. The van der Waals surface area contributed by atoms with Gasteiger partial charge in [0.05, 0.1) is 0 Å². The van der Waals surface area contributed by atoms with E-state index in [0.29, 0.717) is 23.5 Å². The van der Waals surface area contributed by atoms with E-state index in [4.69, 9.17) is 0 Å². The molecule has 2 aliphatic carbocycles. The third-order valence-electron chi connectivity index (χ3n) is 5.35. The Morgan fingerprint density at radius 1 is 1.11 bits per heavy atom. The maximum Gasteiger partial charge on any atom is 0.137 e. The second-order valence-corrected chi connectivity index (χ2v) is 7.16. The molecule has 3 atom stereocenters. The van der Waals surface area contributed by atoms with Crippen molar-refractivity contribution in [1.82, 2.24) is 9.80 Å². The van der Waals surface area contributed by atoms with Crippen LogP contribution >= 0.6 is 0 Å². The molecule has 1 aliphatic heterocycles. The zero-order valence-electron chi connectivity index (χ0n) is 12.5. The lowest BCUT2D eigenvalue weighted by Gasteiger charge is -2.39. The molecule has 3 aliphatic rings. The summed E-state index contributed by atoms with van der Waals surface area (Å²) in [5, 5.41) is 0. The lowest BCUT2D eigenvalue weighted by Crippen LogP contribution is -2.50. The van der Waals surface area contributed by atoms with Crippen molar-refractivity contribution in [2.75, 3.05) is 32.7 Å². The van der Waals surface area contributed by atoms with Gasteiger partial charge in [0.15, 0.2) is 0 Å². The topological polar surface area (TPSA) is 23.6 Å². The van der Waals surface area contributed by atoms with Crippen molar-refractivity contribution in [2.24, 2.45) is 17.8 Å². The second kappa shape index (κ2) is 5.53. The molecule has 3 nitrogen and oxygen atoms in total. The minimum absolute atomic E-state index is 0.309. The lowest BCUT2D eigenvalue weighted by molar-refractivity contribution is -0.129. The number of Topliss-reactive ketones (excluding diaryl/α,β-unsaturated/α-hetero) is 1. The summed E-state index contributed by atoms with van der Waals surface area (Å²) in [7, 11) is 0. The SMILES string of the molecule is CC1CC(=O)C(CN2CCN(C3CC3)CC2)C(C)C1. The highest BCUT2D eigenvalue weighted by molar-refractivity contribution is 5.82. The predicted molar refractivity (Wildman–Crippen MR) is 77.1 cm³/mol. The van der Waals surface area contributed by atoms with E-state index in [1.165, 1.54) is 45.4 Å². The van der Waals surface area contributed by atoms with Crippen molar-refractivity contribution in [1.29, 1.82) is 0 Å². The third kappa shape index (κ3) is 3.19. The van der Waals surface area contributed by atoms with Gasteiger partial charge in [-0.2, -0.15) is 0 Å². The zero-order valence-corrected chi connectivity index (χ0v) is 12.5. The Bertz CT molecular complexity index is 332. The number of ketones is 1. The number of nitrogens with zero attached hydrogens (tertiary/aromatic N) is 2. The van der Waals surface area contributed by atoms with E-state index in [2.05, 4.69) is 23.6 Å². The van der Waals surface area contributed by atoms with Gasteiger partial charge in [0, 0.05) is 51.1 Å². The monoisotopic (exact) mass is 264 g/mol. The van der Waals surface area contributed by atoms with Crippen molar-refractivity contribution < 1.29 is 4.79 Å². The van der Waals surface area contributed by atoms with Gasteiger partial charge in [0.25, 0.3) is 0 Å². The molecule has 0 spiro atoms. The van der Waals surface area contributed by atoms with E-state index in [1.807, 2.05) is 0 Å². The molecule has 0 amide bonds. The van der Waals surface area contributed by atoms with Gasteiger partial charge in [-0.25, -0.2) is 0 Å². The van der Waals surface area contributed by atoms with Crippen LogP contribution < -0.4 is 0 Å². The highest BCUT2D eigenvalue weighted by atomic mass is 16.1. The third-order valence-corrected chi connectivity index (χ3v) is 5.35. The van der Waals surface area contributed by atoms with Gasteiger partial charge in [-0.05, 0) is 31.1 Å². The van der Waals surface area contributed by atoms with Gasteiger partial charge in [-0.1, -0.05) is 13.8 Å². The van der Waals surface area contributed by atoms with Crippen LogP contribution in [0.4, 0.5) is 0 Å². The van der Waals surface area contributed by atoms with Crippen LogP contribution in [0.2, 0.25) is 0 Å². The summed E-state index contributed by atoms with van der Waals surface area (Å²) in [6.07, 6.45) is 4.88. The van der Waals surface area contributed by atoms with Crippen molar-refractivity contribution >= 4 is 5.78 Å². The molecule has 108 valence electrons. The molecule has 3 fully saturated rings. The summed E-state index contributed by atoms with van der Waals surface area (Å²) in [5.41, 5.74) is 0. The quantitative estimate of drug-likeness (QED) is 0.779. The number of hydrogen-bond acceptors (Lipinski definition) is 3. The minimum atomic E-state index is 0.309. The smallest absolute Gasteiger partial charge is 0.137 e. The number of hydrogen-bond donors (Lipinski definition) is 0. The summed E-state index contributed by atoms with van der Waals surface area (Å²) in [6, 6.07) is 0.901. The summed E-state index contributed by atoms with van der Waals surface area (Å²) in [6.45, 7) is 10.3. The maximum atomic E-state index is 12.2. The summed E-state index contributed by atoms with van der Waals surface area (Å²) in [4.78, 5) is 17.4. The predicted octanol–water partition coefficient (Wildman–Crippen LogP) is 2.02. The molecule has 0 bridgehead atoms. The number of rotatable bonds is 3. The Balaban J connectivity index is 1.49. The van der Waals surface area contributed by atoms with Gasteiger partial charge in [0.2, 0.25) is 0 Å². The van der Waals surface area contributed by atoms with Crippen LogP contribution in [0.1, 0.15) is 39.5 Å². The van der Waals surface area contributed by atoms with Crippen LogP contribution in [0.25, 0.3) is 0 Å². The average molecular weight is 264 g/mol. The fourth-order valence-corrected chi connectivity index (χ4v) is 4.01. The molecule has 0 radical (unpaired) electrons. The van der Waals surface area contributed by atoms with E-state index in [0.717, 1.165) is 19.0 Å². The number of carbonyl (C=O) groups excluding carboxylic acids is 1. The van der Waals surface area contributed by atoms with Crippen molar-refractivity contribution in [3.8, 4) is 0 Å². The Labute approximate surface area is 117 Å². The van der Waals surface area contributed by atoms with Crippen molar-refractivity contribution in [2.45, 2.75) is 45.6 Å². The van der Waals surface area contributed by atoms with Gasteiger partial charge in [-0.3, -0.25) is 9.69 Å². The first-order valence-electron chi connectivity index (χ1n) is 8.12. The normalized spacial score (nSPS) is 38.6. The number of piperazine rings is 1. The fraction of sp³-hybridized carbons (Fsp3) is 0.938. The van der Waals surface area contributed by atoms with Crippen molar-refractivity contribution in [3.63, 3.8) is 0 Å². The van der Waals surface area contributed by atoms with Crippen LogP contribution in [0.3, 0.4) is 0 Å². The van der Waals surface area contributed by atoms with Crippen molar-refractivity contribution in [3.05, 3.63) is 0 Å². The van der Waals surface area contributed by atoms with E-state index in [9.17, 15) is 4.79 Å². The van der Waals surface area contributed by atoms with Gasteiger partial charge in [-0.15, -0.1) is 0 Å². The molecular weight excluding hydrogens is 236 g/mol. The summed E-state index contributed by atoms with van der Waals surface area (Å²) >= 11 is 0. The molecule has 1 saturated heterocycles. The maximum absolute atomic E-state index is 12.2. The highest BCUT2D eigenvalue weighted by Crippen LogP contribution is 2.32. The summed E-state index contributed by atoms with van der Waals surface area (Å²) < 4.78 is 0. The molecule has 3 heteroatoms. The van der Waals surface area contributed by atoms with Gasteiger partial charge < -0.3 is 4.90 Å². The Morgan fingerprint density at radius 3 is 2.37 bits per heavy atom. The van der Waals surface area contributed by atoms with E-state index in [1.54, 1.807) is 0 Å². The van der Waals surface area contributed by atoms with E-state index >= 15 is 0 Å². The molecule has 2 saturated carbocycles. The van der Waals surface area contributed by atoms with E-state index < -0.39 is 0 Å². The standard InChI is InChI=1S/C16H28N2O/c1-12-9-13(2)15(16(19)10-12)11-17-5-7-18(8-6-17)14-3-4-14/h12-15H,3-11H2,1-2H3. The lowest BCUT2D eigenvalue weighted by atomic mass is 9.74. The molecule has 0 aromatic carbocycles. The van der Waals surface area contributed by atoms with Crippen LogP contribution in [0.15, 0.2) is 0 Å². The molecule has 3 rings (SSSR count). The van der Waals surface area contributed by atoms with Gasteiger partial charge >= 0.3 is 0 Å². The first-order valence-corrected chi connectivity index (χ1v) is 8.12. The van der Waals surface area contributed by atoms with E-state index in [-0.39, 0.29) is 0 Å². The molecule has 0 N–H and O–H groups in total. The molecule has 0 aromatic heterocycles. The zero-order chi connectivity index (χ0) is 13.4. The fourth-order valence-electron chi connectivity index (χ4n) is 4.01. The molecule has 0 aromatic rings. The van der Waals surface area contributed by atoms with Gasteiger partial charge in [0.1, 0.15) is 5.78 Å². The van der Waals surface area contributed by atoms with Crippen LogP contribution in [-0.2, 0) is 4.79 Å². The Hall–Kier alpha value is -0.410. The second-order valence-electron chi connectivity index (χ2n) is 7.16. The first-order chi connectivity index (χ1) is 9.13. The molecule has 3 unspecified atom stereocenters. The largest absolute Gasteiger partial charge is 0.300 e. The van der Waals surface area contributed by atoms with Crippen LogP contribution in [0.5, 0.6) is 0 Å². The first kappa shape index (κ1) is 13.6. The Kier molecular flexibility index (Phi) is 3.95. The van der Waals surface area contributed by atoms with Crippen LogP contribution in [-0.4, -0.2) is 54.3 Å².